The van der Waals surface area contributed by atoms with Gasteiger partial charge in [0.25, 0.3) is 0 Å². The highest BCUT2D eigenvalue weighted by Crippen LogP contribution is 2.38. The first-order chi connectivity index (χ1) is 17.1. The molecule has 0 N–H and O–H groups in total. The van der Waals surface area contributed by atoms with E-state index in [-0.39, 0.29) is 36.2 Å². The molecule has 0 spiro atoms. The van der Waals surface area contributed by atoms with Gasteiger partial charge in [-0.1, -0.05) is 43.3 Å². The maximum atomic E-state index is 13.8. The average molecular weight is 488 g/mol. The largest absolute Gasteiger partial charge is 0.339 e. The van der Waals surface area contributed by atoms with Crippen LogP contribution >= 0.6 is 11.3 Å². The van der Waals surface area contributed by atoms with Crippen molar-refractivity contribution in [2.24, 2.45) is 5.92 Å². The number of carbonyl (C=O) groups is 2. The van der Waals surface area contributed by atoms with Crippen LogP contribution in [0.5, 0.6) is 0 Å². The number of amides is 2. The Kier molecular flexibility index (Phi) is 7.28. The Morgan fingerprint density at radius 1 is 1.03 bits per heavy atom. The number of aromatic nitrogens is 1. The van der Waals surface area contributed by atoms with E-state index in [1.165, 1.54) is 10.4 Å². The van der Waals surface area contributed by atoms with Crippen LogP contribution in [0, 0.1) is 5.92 Å². The van der Waals surface area contributed by atoms with Crippen molar-refractivity contribution in [1.29, 1.82) is 0 Å². The third-order valence-electron chi connectivity index (χ3n) is 7.39. The van der Waals surface area contributed by atoms with E-state index in [9.17, 15) is 9.59 Å². The molecule has 2 aromatic heterocycles. The molecule has 5 rings (SSSR count). The lowest BCUT2D eigenvalue weighted by Gasteiger charge is -2.39. The number of carbonyl (C=O) groups excluding carboxylic acids is 2. The molecule has 35 heavy (non-hydrogen) atoms. The Balaban J connectivity index is 1.30. The molecule has 3 aromatic rings. The summed E-state index contributed by atoms with van der Waals surface area (Å²) in [4.78, 5) is 37.0. The Labute approximate surface area is 211 Å². The fourth-order valence-corrected chi connectivity index (χ4v) is 6.50. The van der Waals surface area contributed by atoms with Crippen LogP contribution in [0.4, 0.5) is 0 Å². The van der Waals surface area contributed by atoms with E-state index < -0.39 is 0 Å². The lowest BCUT2D eigenvalue weighted by Crippen LogP contribution is -2.47. The standard InChI is InChI=1S/C29H33N3O2S/c1-21(19-27(33)31-16-8-6-12-24(31)20-23-11-5-7-15-30-23)29(34)32-17-13-26-25(14-18-35-26)28(32)22-9-3-2-4-10-22/h2-5,7,9-11,14-15,18,21,24,28H,6,8,12-13,16-17,19-20H2,1H3. The second kappa shape index (κ2) is 10.7. The maximum Gasteiger partial charge on any atom is 0.226 e. The molecule has 4 heterocycles. The quantitative estimate of drug-likeness (QED) is 0.476. The third kappa shape index (κ3) is 5.18. The van der Waals surface area contributed by atoms with Crippen LogP contribution in [0.2, 0.25) is 0 Å². The Morgan fingerprint density at radius 3 is 2.66 bits per heavy atom. The summed E-state index contributed by atoms with van der Waals surface area (Å²) in [6.07, 6.45) is 6.87. The van der Waals surface area contributed by atoms with Crippen LogP contribution < -0.4 is 0 Å². The zero-order chi connectivity index (χ0) is 24.2. The van der Waals surface area contributed by atoms with Crippen LogP contribution in [0.25, 0.3) is 0 Å². The highest BCUT2D eigenvalue weighted by atomic mass is 32.1. The van der Waals surface area contributed by atoms with Crippen molar-refractivity contribution in [2.45, 2.75) is 57.5 Å². The summed E-state index contributed by atoms with van der Waals surface area (Å²) in [7, 11) is 0. The fraction of sp³-hybridized carbons (Fsp3) is 0.414. The number of hydrogen-bond acceptors (Lipinski definition) is 4. The number of benzene rings is 1. The molecular formula is C29H33N3O2S. The molecule has 3 atom stereocenters. The molecule has 3 unspecified atom stereocenters. The maximum absolute atomic E-state index is 13.8. The van der Waals surface area contributed by atoms with Crippen molar-refractivity contribution in [3.8, 4) is 0 Å². The summed E-state index contributed by atoms with van der Waals surface area (Å²) in [5.74, 6) is -0.190. The van der Waals surface area contributed by atoms with E-state index >= 15 is 0 Å². The molecule has 1 aromatic carbocycles. The molecule has 2 aliphatic rings. The normalized spacial score (nSPS) is 20.8. The van der Waals surface area contributed by atoms with E-state index in [1.54, 1.807) is 11.3 Å². The van der Waals surface area contributed by atoms with Gasteiger partial charge in [0.1, 0.15) is 0 Å². The number of fused-ring (bicyclic) bond motifs is 1. The molecule has 6 heteroatoms. The van der Waals surface area contributed by atoms with Crippen LogP contribution in [0.1, 0.15) is 60.3 Å². The molecule has 0 saturated carbocycles. The van der Waals surface area contributed by atoms with Crippen molar-refractivity contribution >= 4 is 23.2 Å². The van der Waals surface area contributed by atoms with Gasteiger partial charge in [-0.3, -0.25) is 14.6 Å². The molecular weight excluding hydrogens is 454 g/mol. The van der Waals surface area contributed by atoms with E-state index in [1.807, 2.05) is 59.3 Å². The monoisotopic (exact) mass is 487 g/mol. The minimum atomic E-state index is -0.355. The van der Waals surface area contributed by atoms with Gasteiger partial charge in [0.05, 0.1) is 6.04 Å². The van der Waals surface area contributed by atoms with E-state index in [4.69, 9.17) is 0 Å². The zero-order valence-electron chi connectivity index (χ0n) is 20.3. The molecule has 0 aliphatic carbocycles. The van der Waals surface area contributed by atoms with E-state index in [0.717, 1.165) is 49.9 Å². The third-order valence-corrected chi connectivity index (χ3v) is 8.38. The first kappa shape index (κ1) is 23.7. The molecule has 1 saturated heterocycles. The van der Waals surface area contributed by atoms with Crippen molar-refractivity contribution < 1.29 is 9.59 Å². The Bertz CT molecular complexity index is 1150. The second-order valence-electron chi connectivity index (χ2n) is 9.76. The molecule has 2 amide bonds. The van der Waals surface area contributed by atoms with Gasteiger partial charge in [-0.05, 0) is 60.4 Å². The van der Waals surface area contributed by atoms with Crippen molar-refractivity contribution in [3.05, 3.63) is 87.9 Å². The van der Waals surface area contributed by atoms with Gasteiger partial charge in [0.15, 0.2) is 0 Å². The predicted octanol–water partition coefficient (Wildman–Crippen LogP) is 5.27. The van der Waals surface area contributed by atoms with Crippen LogP contribution in [-0.2, 0) is 22.4 Å². The van der Waals surface area contributed by atoms with Gasteiger partial charge in [0, 0.05) is 54.7 Å². The molecule has 1 fully saturated rings. The number of pyridine rings is 1. The highest BCUT2D eigenvalue weighted by Gasteiger charge is 2.36. The lowest BCUT2D eigenvalue weighted by molar-refractivity contribution is -0.143. The summed E-state index contributed by atoms with van der Waals surface area (Å²) in [6.45, 7) is 3.38. The summed E-state index contributed by atoms with van der Waals surface area (Å²) in [5, 5.41) is 2.12. The van der Waals surface area contributed by atoms with Crippen LogP contribution in [-0.4, -0.2) is 45.7 Å². The van der Waals surface area contributed by atoms with Gasteiger partial charge in [-0.15, -0.1) is 11.3 Å². The first-order valence-corrected chi connectivity index (χ1v) is 13.6. The lowest BCUT2D eigenvalue weighted by atomic mass is 9.91. The fourth-order valence-electron chi connectivity index (χ4n) is 5.60. The number of nitrogens with zero attached hydrogens (tertiary/aromatic N) is 3. The number of rotatable bonds is 6. The topological polar surface area (TPSA) is 53.5 Å². The molecule has 2 aliphatic heterocycles. The van der Waals surface area contributed by atoms with Gasteiger partial charge < -0.3 is 9.80 Å². The average Bonchev–Trinajstić information content (AvgIpc) is 3.38. The van der Waals surface area contributed by atoms with Gasteiger partial charge >= 0.3 is 0 Å². The van der Waals surface area contributed by atoms with Crippen LogP contribution in [0.3, 0.4) is 0 Å². The summed E-state index contributed by atoms with van der Waals surface area (Å²) in [6, 6.07) is 18.5. The van der Waals surface area contributed by atoms with Crippen molar-refractivity contribution in [2.75, 3.05) is 13.1 Å². The second-order valence-corrected chi connectivity index (χ2v) is 10.8. The molecule has 182 valence electrons. The first-order valence-electron chi connectivity index (χ1n) is 12.7. The van der Waals surface area contributed by atoms with Crippen LogP contribution in [0.15, 0.2) is 66.2 Å². The minimum Gasteiger partial charge on any atom is -0.339 e. The highest BCUT2D eigenvalue weighted by molar-refractivity contribution is 7.10. The predicted molar refractivity (Wildman–Crippen MR) is 139 cm³/mol. The smallest absolute Gasteiger partial charge is 0.226 e. The zero-order valence-corrected chi connectivity index (χ0v) is 21.1. The molecule has 0 radical (unpaired) electrons. The minimum absolute atomic E-state index is 0.0716. The Hall–Kier alpha value is -2.99. The van der Waals surface area contributed by atoms with Crippen molar-refractivity contribution in [3.63, 3.8) is 0 Å². The number of likely N-dealkylation sites (tertiary alicyclic amines) is 1. The van der Waals surface area contributed by atoms with Gasteiger partial charge in [0.2, 0.25) is 11.8 Å². The number of hydrogen-bond donors (Lipinski definition) is 0. The molecule has 5 nitrogen and oxygen atoms in total. The SMILES string of the molecule is CC(CC(=O)N1CCCCC1Cc1ccccn1)C(=O)N1CCc2sccc2C1c1ccccc1. The van der Waals surface area contributed by atoms with E-state index in [0.29, 0.717) is 6.54 Å². The van der Waals surface area contributed by atoms with Gasteiger partial charge in [-0.25, -0.2) is 0 Å². The summed E-state index contributed by atoms with van der Waals surface area (Å²) < 4.78 is 0. The number of thiophene rings is 1. The summed E-state index contributed by atoms with van der Waals surface area (Å²) >= 11 is 1.77. The number of piperidine rings is 1. The van der Waals surface area contributed by atoms with E-state index in [2.05, 4.69) is 28.6 Å². The van der Waals surface area contributed by atoms with Crippen molar-refractivity contribution in [1.82, 2.24) is 14.8 Å². The molecule has 0 bridgehead atoms. The Morgan fingerprint density at radius 2 is 1.86 bits per heavy atom. The van der Waals surface area contributed by atoms with Gasteiger partial charge in [-0.2, -0.15) is 0 Å². The summed E-state index contributed by atoms with van der Waals surface area (Å²) in [5.41, 5.74) is 3.38.